The van der Waals surface area contributed by atoms with Crippen LogP contribution in [0.3, 0.4) is 0 Å². The Balaban J connectivity index is 1.20. The maximum absolute atomic E-state index is 13.4. The van der Waals surface area contributed by atoms with E-state index in [4.69, 9.17) is 0 Å². The molecule has 0 aliphatic heterocycles. The van der Waals surface area contributed by atoms with Crippen molar-refractivity contribution in [3.05, 3.63) is 72.3 Å². The molecule has 34 heavy (non-hydrogen) atoms. The van der Waals surface area contributed by atoms with Crippen LogP contribution in [0.5, 0.6) is 0 Å². The first kappa shape index (κ1) is 21.4. The summed E-state index contributed by atoms with van der Waals surface area (Å²) < 4.78 is 0. The fourth-order valence-electron chi connectivity index (χ4n) is 7.37. The number of carbonyl (C=O) groups is 2. The van der Waals surface area contributed by atoms with Crippen LogP contribution in [-0.2, 0) is 4.79 Å². The number of hydrogen-bond acceptors (Lipinski definition) is 2. The van der Waals surface area contributed by atoms with E-state index in [-0.39, 0.29) is 17.2 Å². The molecule has 0 saturated heterocycles. The van der Waals surface area contributed by atoms with Crippen LogP contribution in [0.25, 0.3) is 10.8 Å². The number of fused-ring (bicyclic) bond motifs is 1. The molecule has 0 spiro atoms. The summed E-state index contributed by atoms with van der Waals surface area (Å²) in [7, 11) is 0. The zero-order valence-electron chi connectivity index (χ0n) is 19.8. The molecule has 3 aromatic carbocycles. The van der Waals surface area contributed by atoms with Gasteiger partial charge in [0, 0.05) is 23.2 Å². The molecule has 0 unspecified atom stereocenters. The van der Waals surface area contributed by atoms with Gasteiger partial charge in [-0.3, -0.25) is 9.59 Å². The normalized spacial score (nSPS) is 27.0. The van der Waals surface area contributed by atoms with Crippen LogP contribution in [0.1, 0.15) is 55.8 Å². The average Bonchev–Trinajstić information content (AvgIpc) is 2.84. The number of benzene rings is 3. The fourth-order valence-corrected chi connectivity index (χ4v) is 7.37. The zero-order valence-corrected chi connectivity index (χ0v) is 19.8. The molecule has 7 rings (SSSR count). The number of anilines is 2. The Bertz CT molecular complexity index is 1210. The number of rotatable bonds is 5. The third-order valence-corrected chi connectivity index (χ3v) is 8.53. The highest BCUT2D eigenvalue weighted by Crippen LogP contribution is 2.60. The Labute approximate surface area is 201 Å². The third kappa shape index (κ3) is 3.60. The van der Waals surface area contributed by atoms with Crippen molar-refractivity contribution in [3.8, 4) is 0 Å². The summed E-state index contributed by atoms with van der Waals surface area (Å²) in [6, 6.07) is 21.6. The molecule has 4 bridgehead atoms. The molecule has 4 saturated carbocycles. The smallest absolute Gasteiger partial charge is 0.258 e. The predicted molar refractivity (Wildman–Crippen MR) is 137 cm³/mol. The third-order valence-electron chi connectivity index (χ3n) is 8.53. The van der Waals surface area contributed by atoms with E-state index in [2.05, 4.69) is 23.5 Å². The first-order chi connectivity index (χ1) is 16.5. The van der Waals surface area contributed by atoms with Crippen LogP contribution in [0.15, 0.2) is 66.7 Å². The molecular formula is C30H32N2O2. The number of amides is 2. The van der Waals surface area contributed by atoms with Crippen LogP contribution in [0.2, 0.25) is 0 Å². The van der Waals surface area contributed by atoms with E-state index >= 15 is 0 Å². The Morgan fingerprint density at radius 3 is 2.12 bits per heavy atom. The molecule has 2 amide bonds. The van der Waals surface area contributed by atoms with Crippen LogP contribution >= 0.6 is 0 Å². The summed E-state index contributed by atoms with van der Waals surface area (Å²) in [6.07, 6.45) is 7.14. The Kier molecular flexibility index (Phi) is 5.20. The zero-order chi connectivity index (χ0) is 23.3. The minimum absolute atomic E-state index is 0.0298. The van der Waals surface area contributed by atoms with Crippen molar-refractivity contribution < 1.29 is 9.59 Å². The van der Waals surface area contributed by atoms with Gasteiger partial charge in [0.2, 0.25) is 5.91 Å². The van der Waals surface area contributed by atoms with Crippen LogP contribution < -0.4 is 10.2 Å². The number of nitrogens with zero attached hydrogens (tertiary/aromatic N) is 1. The molecule has 1 N–H and O–H groups in total. The van der Waals surface area contributed by atoms with Crippen molar-refractivity contribution in [2.75, 3.05) is 16.8 Å². The maximum atomic E-state index is 13.4. The highest BCUT2D eigenvalue weighted by Gasteiger charge is 2.54. The lowest BCUT2D eigenvalue weighted by Gasteiger charge is -2.55. The van der Waals surface area contributed by atoms with Crippen molar-refractivity contribution in [2.24, 2.45) is 23.2 Å². The largest absolute Gasteiger partial charge is 0.326 e. The van der Waals surface area contributed by atoms with Gasteiger partial charge in [-0.25, -0.2) is 0 Å². The monoisotopic (exact) mass is 452 g/mol. The summed E-state index contributed by atoms with van der Waals surface area (Å²) in [5.41, 5.74) is 2.16. The Hall–Kier alpha value is -3.14. The van der Waals surface area contributed by atoms with Gasteiger partial charge >= 0.3 is 0 Å². The highest BCUT2D eigenvalue weighted by molar-refractivity contribution is 6.11. The van der Waals surface area contributed by atoms with Gasteiger partial charge < -0.3 is 10.2 Å². The maximum Gasteiger partial charge on any atom is 0.258 e. The van der Waals surface area contributed by atoms with Gasteiger partial charge in [-0.2, -0.15) is 0 Å². The van der Waals surface area contributed by atoms with Crippen LogP contribution in [-0.4, -0.2) is 18.4 Å². The Morgan fingerprint density at radius 1 is 0.853 bits per heavy atom. The topological polar surface area (TPSA) is 49.4 Å². The van der Waals surface area contributed by atoms with Gasteiger partial charge in [0.25, 0.3) is 5.91 Å². The second kappa shape index (κ2) is 8.26. The molecular weight excluding hydrogens is 420 g/mol. The first-order valence-electron chi connectivity index (χ1n) is 12.8. The molecule has 4 fully saturated rings. The molecule has 4 aliphatic carbocycles. The highest BCUT2D eigenvalue weighted by atomic mass is 16.2. The van der Waals surface area contributed by atoms with E-state index < -0.39 is 0 Å². The summed E-state index contributed by atoms with van der Waals surface area (Å²) in [5.74, 6) is 2.39. The van der Waals surface area contributed by atoms with E-state index in [1.807, 2.05) is 60.4 Å². The van der Waals surface area contributed by atoms with Crippen molar-refractivity contribution >= 4 is 34.0 Å². The summed E-state index contributed by atoms with van der Waals surface area (Å²) in [5, 5.41) is 5.39. The first-order valence-corrected chi connectivity index (χ1v) is 12.8. The van der Waals surface area contributed by atoms with Crippen molar-refractivity contribution in [2.45, 2.75) is 45.4 Å². The van der Waals surface area contributed by atoms with E-state index in [1.165, 1.54) is 19.3 Å². The van der Waals surface area contributed by atoms with E-state index in [9.17, 15) is 9.59 Å². The number of hydrogen-bond donors (Lipinski definition) is 1. The van der Waals surface area contributed by atoms with Crippen molar-refractivity contribution in [1.82, 2.24) is 0 Å². The molecule has 4 nitrogen and oxygen atoms in total. The second-order valence-corrected chi connectivity index (χ2v) is 10.8. The molecule has 4 aliphatic rings. The van der Waals surface area contributed by atoms with Gasteiger partial charge in [0.1, 0.15) is 0 Å². The van der Waals surface area contributed by atoms with E-state index in [0.29, 0.717) is 12.1 Å². The summed E-state index contributed by atoms with van der Waals surface area (Å²) in [4.78, 5) is 28.6. The lowest BCUT2D eigenvalue weighted by molar-refractivity contribution is -0.140. The molecule has 174 valence electrons. The van der Waals surface area contributed by atoms with Crippen LogP contribution in [0.4, 0.5) is 11.4 Å². The van der Waals surface area contributed by atoms with Crippen molar-refractivity contribution in [3.63, 3.8) is 0 Å². The van der Waals surface area contributed by atoms with Crippen molar-refractivity contribution in [1.29, 1.82) is 0 Å². The number of nitrogens with one attached hydrogen (secondary N) is 1. The van der Waals surface area contributed by atoms with Gasteiger partial charge in [0.05, 0.1) is 11.1 Å². The molecule has 0 radical (unpaired) electrons. The lowest BCUT2D eigenvalue weighted by atomic mass is 9.49. The van der Waals surface area contributed by atoms with Gasteiger partial charge in [-0.15, -0.1) is 0 Å². The summed E-state index contributed by atoms with van der Waals surface area (Å²) in [6.45, 7) is 2.58. The number of carbonyl (C=O) groups excluding carboxylic acids is 2. The molecule has 4 heteroatoms. The summed E-state index contributed by atoms with van der Waals surface area (Å²) >= 11 is 0. The molecule has 3 aromatic rings. The minimum atomic E-state index is -0.170. The van der Waals surface area contributed by atoms with Gasteiger partial charge in [-0.1, -0.05) is 36.4 Å². The standard InChI is InChI=1S/C30H32N2O2/c1-2-32(27-9-5-7-23-6-3-4-8-26(23)27)28(33)24-10-12-25(13-11-24)31-29(34)30-17-20-14-21(18-30)16-22(15-20)19-30/h3-13,20-22H,2,14-19H2,1H3,(H,31,34). The Morgan fingerprint density at radius 2 is 1.47 bits per heavy atom. The minimum Gasteiger partial charge on any atom is -0.326 e. The molecule has 0 heterocycles. The molecule has 0 aromatic heterocycles. The average molecular weight is 453 g/mol. The lowest BCUT2D eigenvalue weighted by Crippen LogP contribution is -2.51. The molecule has 0 atom stereocenters. The second-order valence-electron chi connectivity index (χ2n) is 10.8. The predicted octanol–water partition coefficient (Wildman–Crippen LogP) is 6.66. The fraction of sp³-hybridized carbons (Fsp3) is 0.400. The van der Waals surface area contributed by atoms with E-state index in [1.54, 1.807) is 0 Å². The SMILES string of the molecule is CCN(C(=O)c1ccc(NC(=O)C23CC4CC(CC(C4)C2)C3)cc1)c1cccc2ccccc12. The van der Waals surface area contributed by atoms with Gasteiger partial charge in [0.15, 0.2) is 0 Å². The van der Waals surface area contributed by atoms with E-state index in [0.717, 1.165) is 59.2 Å². The quantitative estimate of drug-likeness (QED) is 0.470. The van der Waals surface area contributed by atoms with Crippen LogP contribution in [0, 0.1) is 23.2 Å². The van der Waals surface area contributed by atoms with Gasteiger partial charge in [-0.05, 0) is 98.9 Å².